The number of amides is 4. The molecule has 2 saturated heterocycles. The Morgan fingerprint density at radius 3 is 2.53 bits per heavy atom. The Morgan fingerprint density at radius 2 is 1.85 bits per heavy atom. The van der Waals surface area contributed by atoms with Gasteiger partial charge in [0, 0.05) is 13.1 Å². The van der Waals surface area contributed by atoms with E-state index in [0.717, 1.165) is 12.0 Å². The summed E-state index contributed by atoms with van der Waals surface area (Å²) in [6.45, 7) is 9.14. The van der Waals surface area contributed by atoms with Crippen LogP contribution in [0.15, 0.2) is 30.3 Å². The molecule has 4 amide bonds. The number of likely N-dealkylation sites (N-methyl/N-ethyl adjacent to an activating group) is 1. The number of hydrogen-bond acceptors (Lipinski definition) is 6. The highest BCUT2D eigenvalue weighted by Crippen LogP contribution is 2.20. The van der Waals surface area contributed by atoms with Gasteiger partial charge in [0.05, 0.1) is 13.1 Å². The maximum absolute atomic E-state index is 12.9. The summed E-state index contributed by atoms with van der Waals surface area (Å²) in [7, 11) is 0. The number of nitrogens with zero attached hydrogens (tertiary/aromatic N) is 3. The number of urea groups is 1. The Hall–Kier alpha value is -2.85. The zero-order valence-corrected chi connectivity index (χ0v) is 20.5. The van der Waals surface area contributed by atoms with Gasteiger partial charge in [-0.15, -0.1) is 0 Å². The van der Waals surface area contributed by atoms with Crippen molar-refractivity contribution in [3.8, 4) is 0 Å². The van der Waals surface area contributed by atoms with Crippen molar-refractivity contribution in [2.75, 3.05) is 26.2 Å². The van der Waals surface area contributed by atoms with Crippen molar-refractivity contribution in [2.45, 2.75) is 71.3 Å². The summed E-state index contributed by atoms with van der Waals surface area (Å²) >= 11 is 0. The molecule has 0 spiro atoms. The molecule has 1 aromatic carbocycles. The lowest BCUT2D eigenvalue weighted by atomic mass is 10.1. The lowest BCUT2D eigenvalue weighted by molar-refractivity contribution is -0.164. The Morgan fingerprint density at radius 1 is 1.12 bits per heavy atom. The second kappa shape index (κ2) is 11.5. The van der Waals surface area contributed by atoms with Crippen molar-refractivity contribution in [1.29, 1.82) is 0 Å². The van der Waals surface area contributed by atoms with Gasteiger partial charge in [0.25, 0.3) is 5.91 Å². The molecule has 10 heteroatoms. The summed E-state index contributed by atoms with van der Waals surface area (Å²) < 4.78 is 5.43. The molecule has 2 atom stereocenters. The number of carbonyl (C=O) groups excluding carboxylic acids is 3. The summed E-state index contributed by atoms with van der Waals surface area (Å²) in [5.74, 6) is -0.382. The fourth-order valence-electron chi connectivity index (χ4n) is 3.98. The third-order valence-corrected chi connectivity index (χ3v) is 5.67. The zero-order chi connectivity index (χ0) is 24.7. The molecular weight excluding hydrogens is 440 g/mol. The number of likely N-dealkylation sites (tertiary alicyclic amines) is 1. The molecule has 0 aromatic heterocycles. The maximum atomic E-state index is 12.9. The average Bonchev–Trinajstić information content (AvgIpc) is 2.81. The number of nitrogens with one attached hydrogen (secondary N) is 1. The number of hydrogen-bond donors (Lipinski definition) is 1. The molecule has 2 fully saturated rings. The van der Waals surface area contributed by atoms with E-state index in [4.69, 9.17) is 14.4 Å². The van der Waals surface area contributed by atoms with E-state index in [9.17, 15) is 14.4 Å². The normalized spacial score (nSPS) is 21.4. The molecule has 0 bridgehead atoms. The highest BCUT2D eigenvalue weighted by atomic mass is 16.7. The number of hydroxylamine groups is 3. The number of carbonyl (C=O) groups is 3. The third kappa shape index (κ3) is 7.07. The summed E-state index contributed by atoms with van der Waals surface area (Å²) in [5.41, 5.74) is 2.90. The molecule has 3 rings (SSSR count). The smallest absolute Gasteiger partial charge is 0.410 e. The topological polar surface area (TPSA) is 101 Å². The first-order valence-electron chi connectivity index (χ1n) is 11.9. The highest BCUT2D eigenvalue weighted by Gasteiger charge is 2.38. The van der Waals surface area contributed by atoms with Gasteiger partial charge in [0.1, 0.15) is 24.4 Å². The molecule has 1 N–H and O–H groups in total. The fraction of sp³-hybridized carbons (Fsp3) is 0.625. The van der Waals surface area contributed by atoms with Gasteiger partial charge in [-0.05, 0) is 52.5 Å². The lowest BCUT2D eigenvalue weighted by Crippen LogP contribution is -2.59. The van der Waals surface area contributed by atoms with Crippen molar-refractivity contribution in [3.63, 3.8) is 0 Å². The van der Waals surface area contributed by atoms with Crippen LogP contribution in [0.2, 0.25) is 0 Å². The third-order valence-electron chi connectivity index (χ3n) is 5.67. The summed E-state index contributed by atoms with van der Waals surface area (Å²) in [6.07, 6.45) is 1.14. The van der Waals surface area contributed by atoms with Gasteiger partial charge in [-0.1, -0.05) is 30.3 Å². The van der Waals surface area contributed by atoms with E-state index in [2.05, 4.69) is 5.48 Å². The first-order chi connectivity index (χ1) is 16.2. The molecular formula is C24H36N4O6. The first-order valence-corrected chi connectivity index (χ1v) is 11.9. The summed E-state index contributed by atoms with van der Waals surface area (Å²) in [6, 6.07) is 8.59. The highest BCUT2D eigenvalue weighted by molar-refractivity contribution is 5.87. The van der Waals surface area contributed by atoms with Crippen LogP contribution in [-0.4, -0.2) is 76.8 Å². The number of ether oxygens (including phenoxy) is 1. The van der Waals surface area contributed by atoms with Gasteiger partial charge < -0.3 is 14.5 Å². The van der Waals surface area contributed by atoms with Gasteiger partial charge in [0.15, 0.2) is 0 Å². The number of rotatable bonds is 7. The van der Waals surface area contributed by atoms with Crippen LogP contribution in [-0.2, 0) is 25.8 Å². The molecule has 0 radical (unpaired) electrons. The minimum absolute atomic E-state index is 0.278. The van der Waals surface area contributed by atoms with Gasteiger partial charge in [0.2, 0.25) is 0 Å². The minimum Gasteiger partial charge on any atom is -0.444 e. The van der Waals surface area contributed by atoms with Gasteiger partial charge in [-0.2, -0.15) is 0 Å². The molecule has 0 aliphatic carbocycles. The Bertz CT molecular complexity index is 844. The second-order valence-electron chi connectivity index (χ2n) is 9.51. The molecule has 0 saturated carbocycles. The monoisotopic (exact) mass is 476 g/mol. The first kappa shape index (κ1) is 25.8. The molecule has 34 heavy (non-hydrogen) atoms. The van der Waals surface area contributed by atoms with Crippen molar-refractivity contribution in [3.05, 3.63) is 35.9 Å². The molecule has 2 aliphatic rings. The molecule has 1 aromatic rings. The van der Waals surface area contributed by atoms with E-state index in [0.29, 0.717) is 39.0 Å². The van der Waals surface area contributed by atoms with Crippen LogP contribution in [0.5, 0.6) is 0 Å². The van der Waals surface area contributed by atoms with Crippen molar-refractivity contribution in [1.82, 2.24) is 20.3 Å². The number of benzene rings is 1. The van der Waals surface area contributed by atoms with Crippen LogP contribution in [0.25, 0.3) is 0 Å². The Balaban J connectivity index is 1.48. The van der Waals surface area contributed by atoms with E-state index in [1.807, 2.05) is 58.0 Å². The molecule has 10 nitrogen and oxygen atoms in total. The van der Waals surface area contributed by atoms with Crippen molar-refractivity contribution in [2.24, 2.45) is 0 Å². The van der Waals surface area contributed by atoms with E-state index >= 15 is 0 Å². The standard InChI is InChI=1S/C24H36N4O6/c1-5-27-20(13-15-28(22(27)30)32-17-18-10-7-6-8-11-18)21(29)25-34-19-12-9-14-26(16-19)23(31)33-24(2,3)4/h6-8,10-11,19-20H,5,9,12-17H2,1-4H3,(H,25,29)/t19-,20-/m0/s1. The quantitative estimate of drug-likeness (QED) is 0.607. The van der Waals surface area contributed by atoms with Gasteiger partial charge in [-0.3, -0.25) is 14.5 Å². The van der Waals surface area contributed by atoms with E-state index in [1.165, 1.54) is 9.96 Å². The average molecular weight is 477 g/mol. The van der Waals surface area contributed by atoms with E-state index < -0.39 is 17.7 Å². The summed E-state index contributed by atoms with van der Waals surface area (Å²) in [4.78, 5) is 52.5. The molecule has 0 unspecified atom stereocenters. The van der Waals surface area contributed by atoms with Gasteiger partial charge in [-0.25, -0.2) is 20.1 Å². The van der Waals surface area contributed by atoms with Crippen LogP contribution in [0, 0.1) is 0 Å². The maximum Gasteiger partial charge on any atom is 0.410 e. The Kier molecular flexibility index (Phi) is 8.73. The largest absolute Gasteiger partial charge is 0.444 e. The Labute approximate surface area is 201 Å². The van der Waals surface area contributed by atoms with Crippen LogP contribution in [0.3, 0.4) is 0 Å². The lowest BCUT2D eigenvalue weighted by Gasteiger charge is -2.39. The van der Waals surface area contributed by atoms with Crippen LogP contribution in [0.4, 0.5) is 9.59 Å². The second-order valence-corrected chi connectivity index (χ2v) is 9.51. The predicted molar refractivity (Wildman–Crippen MR) is 124 cm³/mol. The molecule has 188 valence electrons. The number of piperidine rings is 1. The van der Waals surface area contributed by atoms with Crippen LogP contribution in [0.1, 0.15) is 52.5 Å². The molecule has 2 heterocycles. The SMILES string of the molecule is CCN1C(=O)N(OCc2ccccc2)CC[C@H]1C(=O)NO[C@H]1CCCN(C(=O)OC(C)(C)C)C1. The van der Waals surface area contributed by atoms with Crippen LogP contribution < -0.4 is 5.48 Å². The van der Waals surface area contributed by atoms with Gasteiger partial charge >= 0.3 is 12.1 Å². The van der Waals surface area contributed by atoms with Crippen LogP contribution >= 0.6 is 0 Å². The fourth-order valence-corrected chi connectivity index (χ4v) is 3.98. The van der Waals surface area contributed by atoms with Crippen molar-refractivity contribution >= 4 is 18.0 Å². The minimum atomic E-state index is -0.653. The van der Waals surface area contributed by atoms with E-state index in [1.54, 1.807) is 4.90 Å². The zero-order valence-electron chi connectivity index (χ0n) is 20.5. The predicted octanol–water partition coefficient (Wildman–Crippen LogP) is 3.08. The van der Waals surface area contributed by atoms with E-state index in [-0.39, 0.29) is 24.6 Å². The van der Waals surface area contributed by atoms with Crippen molar-refractivity contribution < 1.29 is 28.8 Å². The summed E-state index contributed by atoms with van der Waals surface area (Å²) in [5, 5.41) is 1.31. The molecule has 2 aliphatic heterocycles.